The van der Waals surface area contributed by atoms with Crippen LogP contribution in [0.15, 0.2) is 42.5 Å². The third kappa shape index (κ3) is 3.69. The summed E-state index contributed by atoms with van der Waals surface area (Å²) in [5.74, 6) is 2.44. The van der Waals surface area contributed by atoms with Crippen LogP contribution in [-0.4, -0.2) is 14.2 Å². The van der Waals surface area contributed by atoms with Gasteiger partial charge in [0.15, 0.2) is 11.5 Å². The Morgan fingerprint density at radius 2 is 1.57 bits per heavy atom. The SMILES string of the molecule is COc1cc(C(C)C)cc(OCc2ccccc2)c1OC. The molecule has 21 heavy (non-hydrogen) atoms. The van der Waals surface area contributed by atoms with Crippen molar-refractivity contribution in [1.82, 2.24) is 0 Å². The first-order chi connectivity index (χ1) is 10.2. The number of hydrogen-bond acceptors (Lipinski definition) is 3. The van der Waals surface area contributed by atoms with Gasteiger partial charge in [0.1, 0.15) is 6.61 Å². The van der Waals surface area contributed by atoms with Crippen LogP contribution < -0.4 is 14.2 Å². The maximum atomic E-state index is 5.94. The average molecular weight is 286 g/mol. The minimum absolute atomic E-state index is 0.392. The molecule has 2 aromatic rings. The maximum Gasteiger partial charge on any atom is 0.203 e. The second-order valence-corrected chi connectivity index (χ2v) is 5.18. The molecule has 0 unspecified atom stereocenters. The lowest BCUT2D eigenvalue weighted by molar-refractivity contribution is 0.275. The Labute approximate surface area is 126 Å². The highest BCUT2D eigenvalue weighted by Gasteiger charge is 2.15. The van der Waals surface area contributed by atoms with Crippen molar-refractivity contribution < 1.29 is 14.2 Å². The van der Waals surface area contributed by atoms with Crippen LogP contribution in [0.1, 0.15) is 30.9 Å². The van der Waals surface area contributed by atoms with Gasteiger partial charge in [0, 0.05) is 0 Å². The molecule has 3 nitrogen and oxygen atoms in total. The first kappa shape index (κ1) is 15.2. The summed E-state index contributed by atoms with van der Waals surface area (Å²) in [6, 6.07) is 14.1. The van der Waals surface area contributed by atoms with E-state index in [1.54, 1.807) is 14.2 Å². The van der Waals surface area contributed by atoms with E-state index in [0.717, 1.165) is 11.1 Å². The molecule has 0 aromatic heterocycles. The van der Waals surface area contributed by atoms with Crippen LogP contribution in [0.25, 0.3) is 0 Å². The lowest BCUT2D eigenvalue weighted by Crippen LogP contribution is -2.01. The molecule has 0 heterocycles. The minimum Gasteiger partial charge on any atom is -0.493 e. The van der Waals surface area contributed by atoms with E-state index in [0.29, 0.717) is 29.8 Å². The molecule has 0 radical (unpaired) electrons. The van der Waals surface area contributed by atoms with Gasteiger partial charge < -0.3 is 14.2 Å². The van der Waals surface area contributed by atoms with Crippen molar-refractivity contribution >= 4 is 0 Å². The van der Waals surface area contributed by atoms with Crippen molar-refractivity contribution in [2.75, 3.05) is 14.2 Å². The van der Waals surface area contributed by atoms with Crippen molar-refractivity contribution in [2.24, 2.45) is 0 Å². The molecule has 3 heteroatoms. The van der Waals surface area contributed by atoms with Crippen molar-refractivity contribution in [3.63, 3.8) is 0 Å². The molecule has 0 fully saturated rings. The Kier molecular flexibility index (Phi) is 5.09. The topological polar surface area (TPSA) is 27.7 Å². The van der Waals surface area contributed by atoms with E-state index in [-0.39, 0.29) is 0 Å². The van der Waals surface area contributed by atoms with E-state index < -0.39 is 0 Å². The predicted octanol–water partition coefficient (Wildman–Crippen LogP) is 4.41. The fourth-order valence-electron chi connectivity index (χ4n) is 2.13. The Morgan fingerprint density at radius 3 is 2.14 bits per heavy atom. The van der Waals surface area contributed by atoms with Gasteiger partial charge in [-0.05, 0) is 29.2 Å². The summed E-state index contributed by atoms with van der Waals surface area (Å²) in [5.41, 5.74) is 2.28. The van der Waals surface area contributed by atoms with E-state index >= 15 is 0 Å². The molecule has 0 aliphatic rings. The van der Waals surface area contributed by atoms with Crippen LogP contribution in [-0.2, 0) is 6.61 Å². The van der Waals surface area contributed by atoms with Crippen LogP contribution in [0, 0.1) is 0 Å². The number of ether oxygens (including phenoxy) is 3. The maximum absolute atomic E-state index is 5.94. The second-order valence-electron chi connectivity index (χ2n) is 5.18. The van der Waals surface area contributed by atoms with E-state index in [9.17, 15) is 0 Å². The van der Waals surface area contributed by atoms with Gasteiger partial charge in [0.25, 0.3) is 0 Å². The fraction of sp³-hybridized carbons (Fsp3) is 0.333. The molecule has 0 amide bonds. The third-order valence-electron chi connectivity index (χ3n) is 3.37. The van der Waals surface area contributed by atoms with Gasteiger partial charge >= 0.3 is 0 Å². The van der Waals surface area contributed by atoms with Crippen LogP contribution in [0.5, 0.6) is 17.2 Å². The molecule has 0 saturated carbocycles. The van der Waals surface area contributed by atoms with Crippen LogP contribution in [0.2, 0.25) is 0 Å². The predicted molar refractivity (Wildman–Crippen MR) is 84.4 cm³/mol. The molecule has 2 aromatic carbocycles. The van der Waals surface area contributed by atoms with Crippen LogP contribution in [0.3, 0.4) is 0 Å². The van der Waals surface area contributed by atoms with Gasteiger partial charge in [0.05, 0.1) is 14.2 Å². The Morgan fingerprint density at radius 1 is 0.905 bits per heavy atom. The summed E-state index contributed by atoms with van der Waals surface area (Å²) in [6.45, 7) is 4.78. The van der Waals surface area contributed by atoms with Crippen LogP contribution in [0.4, 0.5) is 0 Å². The monoisotopic (exact) mass is 286 g/mol. The van der Waals surface area contributed by atoms with Gasteiger partial charge in [-0.3, -0.25) is 0 Å². The number of hydrogen-bond donors (Lipinski definition) is 0. The Bertz CT molecular complexity index is 577. The summed E-state index contributed by atoms with van der Waals surface area (Å²) in [5, 5.41) is 0. The van der Waals surface area contributed by atoms with Gasteiger partial charge in [-0.2, -0.15) is 0 Å². The zero-order valence-corrected chi connectivity index (χ0v) is 13.1. The summed E-state index contributed by atoms with van der Waals surface area (Å²) >= 11 is 0. The summed E-state index contributed by atoms with van der Waals surface area (Å²) in [7, 11) is 3.27. The standard InChI is InChI=1S/C18H22O3/c1-13(2)15-10-16(19-3)18(20-4)17(11-15)21-12-14-8-6-5-7-9-14/h5-11,13H,12H2,1-4H3. The molecular weight excluding hydrogens is 264 g/mol. The molecule has 0 atom stereocenters. The Balaban J connectivity index is 2.29. The van der Waals surface area contributed by atoms with Gasteiger partial charge in [-0.15, -0.1) is 0 Å². The van der Waals surface area contributed by atoms with E-state index in [2.05, 4.69) is 13.8 Å². The number of rotatable bonds is 6. The lowest BCUT2D eigenvalue weighted by Gasteiger charge is -2.17. The Hall–Kier alpha value is -2.16. The fourth-order valence-corrected chi connectivity index (χ4v) is 2.13. The lowest BCUT2D eigenvalue weighted by atomic mass is 10.0. The third-order valence-corrected chi connectivity index (χ3v) is 3.37. The quantitative estimate of drug-likeness (QED) is 0.787. The van der Waals surface area contributed by atoms with E-state index in [1.807, 2.05) is 42.5 Å². The van der Waals surface area contributed by atoms with Crippen molar-refractivity contribution in [1.29, 1.82) is 0 Å². The van der Waals surface area contributed by atoms with Crippen molar-refractivity contribution in [2.45, 2.75) is 26.4 Å². The highest BCUT2D eigenvalue weighted by molar-refractivity contribution is 5.54. The largest absolute Gasteiger partial charge is 0.493 e. The molecule has 0 aliphatic heterocycles. The minimum atomic E-state index is 0.392. The smallest absolute Gasteiger partial charge is 0.203 e. The van der Waals surface area contributed by atoms with Crippen molar-refractivity contribution in [3.8, 4) is 17.2 Å². The molecule has 0 aliphatic carbocycles. The molecule has 2 rings (SSSR count). The van der Waals surface area contributed by atoms with Gasteiger partial charge in [0.2, 0.25) is 5.75 Å². The summed E-state index contributed by atoms with van der Waals surface area (Å²) < 4.78 is 16.8. The first-order valence-electron chi connectivity index (χ1n) is 7.08. The zero-order chi connectivity index (χ0) is 15.2. The normalized spacial score (nSPS) is 10.5. The second kappa shape index (κ2) is 7.02. The summed E-state index contributed by atoms with van der Waals surface area (Å²) in [6.07, 6.45) is 0. The summed E-state index contributed by atoms with van der Waals surface area (Å²) in [4.78, 5) is 0. The van der Waals surface area contributed by atoms with Crippen molar-refractivity contribution in [3.05, 3.63) is 53.6 Å². The van der Waals surface area contributed by atoms with E-state index in [1.165, 1.54) is 0 Å². The highest BCUT2D eigenvalue weighted by Crippen LogP contribution is 2.40. The van der Waals surface area contributed by atoms with Gasteiger partial charge in [-0.1, -0.05) is 44.2 Å². The molecule has 0 bridgehead atoms. The average Bonchev–Trinajstić information content (AvgIpc) is 2.52. The molecule has 0 N–H and O–H groups in total. The number of benzene rings is 2. The molecule has 0 spiro atoms. The molecule has 112 valence electrons. The van der Waals surface area contributed by atoms with Gasteiger partial charge in [-0.25, -0.2) is 0 Å². The first-order valence-corrected chi connectivity index (χ1v) is 7.08. The highest BCUT2D eigenvalue weighted by atomic mass is 16.5. The van der Waals surface area contributed by atoms with Crippen LogP contribution >= 0.6 is 0 Å². The zero-order valence-electron chi connectivity index (χ0n) is 13.1. The molecule has 0 saturated heterocycles. The number of methoxy groups -OCH3 is 2. The molecular formula is C18H22O3. The van der Waals surface area contributed by atoms with E-state index in [4.69, 9.17) is 14.2 Å².